The van der Waals surface area contributed by atoms with Gasteiger partial charge in [-0.25, -0.2) is 9.71 Å². The molecule has 1 aliphatic rings. The van der Waals surface area contributed by atoms with Gasteiger partial charge in [-0.2, -0.15) is 8.42 Å². The fourth-order valence-electron chi connectivity index (χ4n) is 1.73. The molecule has 0 aliphatic carbocycles. The van der Waals surface area contributed by atoms with E-state index < -0.39 is 10.2 Å². The van der Waals surface area contributed by atoms with Crippen LogP contribution in [0.15, 0.2) is 28.7 Å². The van der Waals surface area contributed by atoms with Gasteiger partial charge in [-0.3, -0.25) is 0 Å². The second kappa shape index (κ2) is 3.72. The van der Waals surface area contributed by atoms with Gasteiger partial charge in [0.15, 0.2) is 11.7 Å². The van der Waals surface area contributed by atoms with Gasteiger partial charge in [0.25, 0.3) is 0 Å². The van der Waals surface area contributed by atoms with Gasteiger partial charge in [-0.1, -0.05) is 0 Å². The molecule has 0 saturated heterocycles. The Balaban J connectivity index is 2.10. The average molecular weight is 278 g/mol. The summed E-state index contributed by atoms with van der Waals surface area (Å²) >= 11 is 0. The van der Waals surface area contributed by atoms with Crippen molar-refractivity contribution in [3.8, 4) is 11.4 Å². The van der Waals surface area contributed by atoms with Gasteiger partial charge in [0.1, 0.15) is 11.5 Å². The zero-order valence-corrected chi connectivity index (χ0v) is 10.4. The van der Waals surface area contributed by atoms with Gasteiger partial charge in [-0.15, -0.1) is 4.40 Å². The molecule has 0 saturated carbocycles. The number of fused-ring (bicyclic) bond motifs is 1. The average Bonchev–Trinajstić information content (AvgIpc) is 2.72. The van der Waals surface area contributed by atoms with Crippen LogP contribution in [0.5, 0.6) is 0 Å². The zero-order chi connectivity index (χ0) is 13.6. The SMILES string of the molecule is NC1=NS(=O)(=O)Nc2nc(-c3ccc(N)cc3)[nH]c21. The molecule has 1 aromatic carbocycles. The smallest absolute Gasteiger partial charge is 0.345 e. The van der Waals surface area contributed by atoms with E-state index in [2.05, 4.69) is 19.1 Å². The highest BCUT2D eigenvalue weighted by atomic mass is 32.2. The Morgan fingerprint density at radius 3 is 2.47 bits per heavy atom. The summed E-state index contributed by atoms with van der Waals surface area (Å²) < 4.78 is 28.3. The third kappa shape index (κ3) is 1.99. The quantitative estimate of drug-likeness (QED) is 0.545. The Kier molecular flexibility index (Phi) is 2.26. The van der Waals surface area contributed by atoms with E-state index in [1.54, 1.807) is 24.3 Å². The fraction of sp³-hybridized carbons (Fsp3) is 0. The van der Waals surface area contributed by atoms with Crippen molar-refractivity contribution in [1.82, 2.24) is 9.97 Å². The van der Waals surface area contributed by atoms with Gasteiger partial charge in [0.05, 0.1) is 0 Å². The van der Waals surface area contributed by atoms with E-state index in [-0.39, 0.29) is 11.7 Å². The minimum atomic E-state index is -3.81. The highest BCUT2D eigenvalue weighted by molar-refractivity contribution is 7.91. The van der Waals surface area contributed by atoms with E-state index in [1.807, 2.05) is 0 Å². The summed E-state index contributed by atoms with van der Waals surface area (Å²) in [5.41, 5.74) is 12.9. The third-order valence-corrected chi connectivity index (χ3v) is 3.48. The van der Waals surface area contributed by atoms with E-state index >= 15 is 0 Å². The lowest BCUT2D eigenvalue weighted by atomic mass is 10.2. The minimum absolute atomic E-state index is 0.122. The number of H-pyrrole nitrogens is 1. The first-order valence-corrected chi connectivity index (χ1v) is 6.73. The van der Waals surface area contributed by atoms with Crippen molar-refractivity contribution < 1.29 is 8.42 Å². The predicted octanol–water partition coefficient (Wildman–Crippen LogP) is 0.0345. The lowest BCUT2D eigenvalue weighted by Gasteiger charge is -2.08. The molecule has 0 unspecified atom stereocenters. The normalized spacial score (nSPS) is 16.3. The summed E-state index contributed by atoms with van der Waals surface area (Å²) in [5, 5.41) is 0. The number of hydrogen-bond acceptors (Lipinski definition) is 5. The monoisotopic (exact) mass is 278 g/mol. The number of benzene rings is 1. The molecule has 1 aromatic heterocycles. The van der Waals surface area contributed by atoms with Crippen LogP contribution in [0.1, 0.15) is 5.69 Å². The predicted molar refractivity (Wildman–Crippen MR) is 71.7 cm³/mol. The van der Waals surface area contributed by atoms with Crippen LogP contribution in [-0.4, -0.2) is 24.2 Å². The van der Waals surface area contributed by atoms with E-state index in [9.17, 15) is 8.42 Å². The second-order valence-electron chi connectivity index (χ2n) is 3.98. The van der Waals surface area contributed by atoms with Crippen molar-refractivity contribution in [2.45, 2.75) is 0 Å². The summed E-state index contributed by atoms with van der Waals surface area (Å²) in [6, 6.07) is 6.97. The number of anilines is 2. The molecule has 1 aliphatic heterocycles. The Labute approximate surface area is 108 Å². The van der Waals surface area contributed by atoms with E-state index in [4.69, 9.17) is 11.5 Å². The number of amidine groups is 1. The standard InChI is InChI=1S/C10H10N6O2S/c11-6-3-1-5(2-4-6)9-13-7-8(12)15-19(17,18)16-10(7)14-9/h1-4,16H,11H2,(H2,12,15)(H,13,14). The molecule has 3 rings (SSSR count). The minimum Gasteiger partial charge on any atom is -0.399 e. The van der Waals surface area contributed by atoms with Crippen LogP contribution in [0.3, 0.4) is 0 Å². The van der Waals surface area contributed by atoms with E-state index in [0.29, 0.717) is 17.2 Å². The number of aromatic amines is 1. The zero-order valence-electron chi connectivity index (χ0n) is 9.58. The topological polar surface area (TPSA) is 139 Å². The van der Waals surface area contributed by atoms with E-state index in [1.165, 1.54) is 0 Å². The van der Waals surface area contributed by atoms with Crippen LogP contribution < -0.4 is 16.2 Å². The molecule has 98 valence electrons. The van der Waals surface area contributed by atoms with Crippen molar-refractivity contribution in [1.29, 1.82) is 0 Å². The molecular formula is C10H10N6O2S. The molecule has 2 heterocycles. The van der Waals surface area contributed by atoms with Crippen LogP contribution in [0.25, 0.3) is 11.4 Å². The number of rotatable bonds is 1. The van der Waals surface area contributed by atoms with Crippen LogP contribution in [-0.2, 0) is 10.2 Å². The molecule has 2 aromatic rings. The van der Waals surface area contributed by atoms with Gasteiger partial charge in [0.2, 0.25) is 0 Å². The van der Waals surface area contributed by atoms with Crippen LogP contribution in [0, 0.1) is 0 Å². The maximum Gasteiger partial charge on any atom is 0.345 e. The second-order valence-corrected chi connectivity index (χ2v) is 5.32. The Morgan fingerprint density at radius 2 is 1.79 bits per heavy atom. The van der Waals surface area contributed by atoms with Crippen LogP contribution in [0.2, 0.25) is 0 Å². The molecule has 0 bridgehead atoms. The number of aromatic nitrogens is 2. The van der Waals surface area contributed by atoms with Crippen molar-refractivity contribution in [2.75, 3.05) is 10.5 Å². The molecule has 6 N–H and O–H groups in total. The van der Waals surface area contributed by atoms with Gasteiger partial charge in [0, 0.05) is 11.3 Å². The summed E-state index contributed by atoms with van der Waals surface area (Å²) in [7, 11) is -3.81. The molecule has 8 nitrogen and oxygen atoms in total. The van der Waals surface area contributed by atoms with Crippen molar-refractivity contribution >= 4 is 27.6 Å². The molecule has 0 fully saturated rings. The summed E-state index contributed by atoms with van der Waals surface area (Å²) in [4.78, 5) is 7.07. The first-order chi connectivity index (χ1) is 8.94. The molecular weight excluding hydrogens is 268 g/mol. The molecule has 19 heavy (non-hydrogen) atoms. The first kappa shape index (κ1) is 11.5. The number of nitrogen functional groups attached to an aromatic ring is 1. The first-order valence-electron chi connectivity index (χ1n) is 5.29. The molecule has 0 atom stereocenters. The molecule has 0 spiro atoms. The Morgan fingerprint density at radius 1 is 1.11 bits per heavy atom. The number of imidazole rings is 1. The Bertz CT molecular complexity index is 775. The maximum absolute atomic E-state index is 11.4. The van der Waals surface area contributed by atoms with Crippen molar-refractivity contribution in [3.05, 3.63) is 30.0 Å². The van der Waals surface area contributed by atoms with Gasteiger partial charge < -0.3 is 16.5 Å². The number of nitrogens with two attached hydrogens (primary N) is 2. The molecule has 0 radical (unpaired) electrons. The highest BCUT2D eigenvalue weighted by Gasteiger charge is 2.25. The summed E-state index contributed by atoms with van der Waals surface area (Å²) in [5.74, 6) is 0.495. The van der Waals surface area contributed by atoms with Crippen molar-refractivity contribution in [3.63, 3.8) is 0 Å². The van der Waals surface area contributed by atoms with E-state index in [0.717, 1.165) is 5.56 Å². The lowest BCUT2D eigenvalue weighted by molar-refractivity contribution is 0.602. The third-order valence-electron chi connectivity index (χ3n) is 2.59. The van der Waals surface area contributed by atoms with Crippen molar-refractivity contribution in [2.24, 2.45) is 10.1 Å². The number of nitrogens with zero attached hydrogens (tertiary/aromatic N) is 2. The number of hydrogen-bond donors (Lipinski definition) is 4. The summed E-state index contributed by atoms with van der Waals surface area (Å²) in [6.45, 7) is 0. The maximum atomic E-state index is 11.4. The fourth-order valence-corrected chi connectivity index (χ4v) is 2.52. The molecule has 9 heteroatoms. The van der Waals surface area contributed by atoms with Crippen LogP contribution in [0.4, 0.5) is 11.5 Å². The lowest BCUT2D eigenvalue weighted by Crippen LogP contribution is -2.26. The summed E-state index contributed by atoms with van der Waals surface area (Å²) in [6.07, 6.45) is 0. The largest absolute Gasteiger partial charge is 0.399 e. The van der Waals surface area contributed by atoms with Gasteiger partial charge >= 0.3 is 10.2 Å². The van der Waals surface area contributed by atoms with Gasteiger partial charge in [-0.05, 0) is 24.3 Å². The molecule has 0 amide bonds. The Hall–Kier alpha value is -2.55. The van der Waals surface area contributed by atoms with Crippen LogP contribution >= 0.6 is 0 Å². The number of nitrogens with one attached hydrogen (secondary N) is 2. The highest BCUT2D eigenvalue weighted by Crippen LogP contribution is 2.25.